The minimum absolute atomic E-state index is 0.222. The molecule has 2 aromatic carbocycles. The molecular weight excluding hydrogens is 272 g/mol. The fraction of sp³-hybridized carbons (Fsp3) is 0.125. The van der Waals surface area contributed by atoms with Gasteiger partial charge in [0.05, 0.1) is 11.0 Å². The van der Waals surface area contributed by atoms with Crippen molar-refractivity contribution in [2.75, 3.05) is 0 Å². The second-order valence-corrected chi connectivity index (χ2v) is 6.38. The molecule has 1 N–H and O–H groups in total. The monoisotopic (exact) mass is 288 g/mol. The van der Waals surface area contributed by atoms with Crippen molar-refractivity contribution >= 4 is 9.84 Å². The molecule has 0 aliphatic rings. The summed E-state index contributed by atoms with van der Waals surface area (Å²) >= 11 is 0. The third-order valence-corrected chi connectivity index (χ3v) is 4.38. The van der Waals surface area contributed by atoms with Gasteiger partial charge < -0.3 is 5.11 Å². The van der Waals surface area contributed by atoms with Gasteiger partial charge >= 0.3 is 0 Å². The van der Waals surface area contributed by atoms with Crippen LogP contribution in [0.25, 0.3) is 0 Å². The SMILES string of the molecule is Cc1ccc(S(=O)(=O)/C=C/C(O)c2ccccc2)cc1. The first-order chi connectivity index (χ1) is 9.49. The standard InChI is InChI=1S/C16H16O3S/c1-13-7-9-15(10-8-13)20(18,19)12-11-16(17)14-5-3-2-4-6-14/h2-12,16-17H,1H3/b12-11+. The average Bonchev–Trinajstić information content (AvgIpc) is 2.46. The summed E-state index contributed by atoms with van der Waals surface area (Å²) in [5.74, 6) is 0. The first kappa shape index (κ1) is 14.5. The molecule has 20 heavy (non-hydrogen) atoms. The van der Waals surface area contributed by atoms with Crippen LogP contribution in [-0.4, -0.2) is 13.5 Å². The Hall–Kier alpha value is -1.91. The van der Waals surface area contributed by atoms with E-state index < -0.39 is 15.9 Å². The van der Waals surface area contributed by atoms with Crippen LogP contribution in [0.15, 0.2) is 71.0 Å². The number of aryl methyl sites for hydroxylation is 1. The number of aliphatic hydroxyl groups is 1. The maximum atomic E-state index is 12.1. The summed E-state index contributed by atoms with van der Waals surface area (Å²) in [5.41, 5.74) is 1.65. The van der Waals surface area contributed by atoms with Gasteiger partial charge in [0.25, 0.3) is 0 Å². The molecule has 0 saturated carbocycles. The zero-order valence-electron chi connectivity index (χ0n) is 11.1. The molecule has 0 aromatic heterocycles. The molecule has 2 aromatic rings. The molecule has 2 rings (SSSR count). The molecule has 0 spiro atoms. The highest BCUT2D eigenvalue weighted by Gasteiger charge is 2.11. The lowest BCUT2D eigenvalue weighted by molar-refractivity contribution is 0.229. The van der Waals surface area contributed by atoms with Crippen LogP contribution in [0.5, 0.6) is 0 Å². The zero-order chi connectivity index (χ0) is 14.6. The number of sulfone groups is 1. The van der Waals surface area contributed by atoms with Gasteiger partial charge in [0.15, 0.2) is 9.84 Å². The summed E-state index contributed by atoms with van der Waals surface area (Å²) < 4.78 is 24.2. The lowest BCUT2D eigenvalue weighted by Crippen LogP contribution is -1.98. The molecule has 1 atom stereocenters. The van der Waals surface area contributed by atoms with E-state index >= 15 is 0 Å². The van der Waals surface area contributed by atoms with Crippen LogP contribution in [0.2, 0.25) is 0 Å². The molecule has 0 amide bonds. The van der Waals surface area contributed by atoms with Crippen molar-refractivity contribution in [1.29, 1.82) is 0 Å². The predicted octanol–water partition coefficient (Wildman–Crippen LogP) is 3.02. The molecule has 0 radical (unpaired) electrons. The number of hydrogen-bond acceptors (Lipinski definition) is 3. The highest BCUT2D eigenvalue weighted by Crippen LogP contribution is 2.17. The molecule has 0 bridgehead atoms. The van der Waals surface area contributed by atoms with E-state index in [0.29, 0.717) is 5.56 Å². The second kappa shape index (κ2) is 6.03. The van der Waals surface area contributed by atoms with Gasteiger partial charge in [-0.1, -0.05) is 48.0 Å². The molecule has 0 heterocycles. The molecule has 0 saturated heterocycles. The summed E-state index contributed by atoms with van der Waals surface area (Å²) in [4.78, 5) is 0.222. The van der Waals surface area contributed by atoms with E-state index in [1.807, 2.05) is 13.0 Å². The van der Waals surface area contributed by atoms with Crippen LogP contribution in [0.4, 0.5) is 0 Å². The predicted molar refractivity (Wildman–Crippen MR) is 78.9 cm³/mol. The molecule has 4 heteroatoms. The second-order valence-electron chi connectivity index (χ2n) is 4.54. The lowest BCUT2D eigenvalue weighted by Gasteiger charge is -2.05. The molecule has 3 nitrogen and oxygen atoms in total. The average molecular weight is 288 g/mol. The maximum Gasteiger partial charge on any atom is 0.199 e. The highest BCUT2D eigenvalue weighted by atomic mass is 32.2. The van der Waals surface area contributed by atoms with Gasteiger partial charge in [-0.25, -0.2) is 8.42 Å². The Morgan fingerprint density at radius 2 is 1.60 bits per heavy atom. The summed E-state index contributed by atoms with van der Waals surface area (Å²) in [6.07, 6.45) is 0.348. The van der Waals surface area contributed by atoms with Crippen LogP contribution in [-0.2, 0) is 9.84 Å². The van der Waals surface area contributed by atoms with E-state index in [1.165, 1.54) is 6.08 Å². The summed E-state index contributed by atoms with van der Waals surface area (Å²) in [6, 6.07) is 15.5. The lowest BCUT2D eigenvalue weighted by atomic mass is 10.1. The molecule has 0 aliphatic carbocycles. The van der Waals surface area contributed by atoms with Crippen molar-refractivity contribution in [1.82, 2.24) is 0 Å². The number of rotatable bonds is 4. The van der Waals surface area contributed by atoms with Crippen molar-refractivity contribution < 1.29 is 13.5 Å². The Bertz CT molecular complexity index is 686. The van der Waals surface area contributed by atoms with Crippen molar-refractivity contribution in [3.63, 3.8) is 0 Å². The van der Waals surface area contributed by atoms with Gasteiger partial charge in [-0.2, -0.15) is 0 Å². The molecular formula is C16H16O3S. The quantitative estimate of drug-likeness (QED) is 0.941. The van der Waals surface area contributed by atoms with Crippen molar-refractivity contribution in [2.24, 2.45) is 0 Å². The maximum absolute atomic E-state index is 12.1. The number of hydrogen-bond donors (Lipinski definition) is 1. The Labute approximate surface area is 119 Å². The van der Waals surface area contributed by atoms with Gasteiger partial charge in [-0.05, 0) is 30.7 Å². The van der Waals surface area contributed by atoms with Gasteiger partial charge in [-0.15, -0.1) is 0 Å². The van der Waals surface area contributed by atoms with Crippen LogP contribution in [0.3, 0.4) is 0 Å². The molecule has 1 unspecified atom stereocenters. The Morgan fingerprint density at radius 1 is 1.00 bits per heavy atom. The zero-order valence-corrected chi connectivity index (χ0v) is 11.9. The van der Waals surface area contributed by atoms with Gasteiger partial charge in [0.1, 0.15) is 0 Å². The number of aliphatic hydroxyl groups excluding tert-OH is 1. The largest absolute Gasteiger partial charge is 0.384 e. The van der Waals surface area contributed by atoms with E-state index in [4.69, 9.17) is 0 Å². The molecule has 0 aliphatic heterocycles. The summed E-state index contributed by atoms with van der Waals surface area (Å²) in [5, 5.41) is 11.0. The van der Waals surface area contributed by atoms with E-state index in [1.54, 1.807) is 48.5 Å². The first-order valence-corrected chi connectivity index (χ1v) is 7.77. The van der Waals surface area contributed by atoms with Crippen LogP contribution in [0, 0.1) is 6.92 Å². The van der Waals surface area contributed by atoms with Crippen LogP contribution >= 0.6 is 0 Å². The van der Waals surface area contributed by atoms with E-state index in [0.717, 1.165) is 11.0 Å². The van der Waals surface area contributed by atoms with Crippen molar-refractivity contribution in [3.8, 4) is 0 Å². The van der Waals surface area contributed by atoms with Crippen LogP contribution < -0.4 is 0 Å². The van der Waals surface area contributed by atoms with Crippen molar-refractivity contribution in [2.45, 2.75) is 17.9 Å². The summed E-state index contributed by atoms with van der Waals surface area (Å²) in [7, 11) is -3.52. The fourth-order valence-electron chi connectivity index (χ4n) is 1.75. The van der Waals surface area contributed by atoms with E-state index in [2.05, 4.69) is 0 Å². The third-order valence-electron chi connectivity index (χ3n) is 2.93. The Balaban J connectivity index is 2.20. The Morgan fingerprint density at radius 3 is 2.20 bits per heavy atom. The van der Waals surface area contributed by atoms with Gasteiger partial charge in [0, 0.05) is 5.41 Å². The molecule has 0 fully saturated rings. The minimum Gasteiger partial charge on any atom is -0.384 e. The smallest absolute Gasteiger partial charge is 0.199 e. The van der Waals surface area contributed by atoms with Gasteiger partial charge in [-0.3, -0.25) is 0 Å². The molecule has 104 valence electrons. The topological polar surface area (TPSA) is 54.4 Å². The Kier molecular flexibility index (Phi) is 4.37. The van der Waals surface area contributed by atoms with Crippen LogP contribution in [0.1, 0.15) is 17.2 Å². The van der Waals surface area contributed by atoms with Gasteiger partial charge in [0.2, 0.25) is 0 Å². The third kappa shape index (κ3) is 3.56. The van der Waals surface area contributed by atoms with E-state index in [-0.39, 0.29) is 4.90 Å². The fourth-order valence-corrected chi connectivity index (χ4v) is 2.77. The number of benzene rings is 2. The van der Waals surface area contributed by atoms with Crippen molar-refractivity contribution in [3.05, 3.63) is 77.2 Å². The highest BCUT2D eigenvalue weighted by molar-refractivity contribution is 7.94. The normalized spacial score (nSPS) is 13.5. The van der Waals surface area contributed by atoms with E-state index in [9.17, 15) is 13.5 Å². The summed E-state index contributed by atoms with van der Waals surface area (Å²) in [6.45, 7) is 1.89. The minimum atomic E-state index is -3.52. The first-order valence-electron chi connectivity index (χ1n) is 6.22.